The molecule has 0 bridgehead atoms. The van der Waals surface area contributed by atoms with Crippen LogP contribution < -0.4 is 4.74 Å². The van der Waals surface area contributed by atoms with E-state index < -0.39 is 23.8 Å². The van der Waals surface area contributed by atoms with E-state index in [2.05, 4.69) is 0 Å². The maximum Gasteiger partial charge on any atom is 0.306 e. The Labute approximate surface area is 105 Å². The molecular weight excluding hydrogens is 239 g/mol. The summed E-state index contributed by atoms with van der Waals surface area (Å²) in [5.41, 5.74) is -1.29. The number of hydrogen-bond acceptors (Lipinski definition) is 3. The summed E-state index contributed by atoms with van der Waals surface area (Å²) in [7, 11) is 1.34. The molecule has 1 unspecified atom stereocenters. The van der Waals surface area contributed by atoms with Crippen molar-refractivity contribution in [1.82, 2.24) is 0 Å². The summed E-state index contributed by atoms with van der Waals surface area (Å²) in [5.74, 6) is -1.68. The molecule has 0 saturated carbocycles. The molecule has 0 saturated heterocycles. The van der Waals surface area contributed by atoms with Gasteiger partial charge in [0.15, 0.2) is 11.6 Å². The van der Waals surface area contributed by atoms with E-state index in [9.17, 15) is 14.3 Å². The van der Waals surface area contributed by atoms with Gasteiger partial charge in [-0.1, -0.05) is 19.4 Å². The molecule has 0 radical (unpaired) electrons. The number of benzene rings is 1. The van der Waals surface area contributed by atoms with Gasteiger partial charge in [0, 0.05) is 0 Å². The lowest BCUT2D eigenvalue weighted by Gasteiger charge is -2.26. The van der Waals surface area contributed by atoms with Gasteiger partial charge in [-0.2, -0.15) is 0 Å². The maximum atomic E-state index is 13.6. The molecule has 0 heterocycles. The van der Waals surface area contributed by atoms with Crippen LogP contribution in [-0.2, 0) is 10.4 Å². The Balaban J connectivity index is 3.13. The van der Waals surface area contributed by atoms with Crippen LogP contribution in [0.5, 0.6) is 5.75 Å². The molecule has 1 atom stereocenters. The Morgan fingerprint density at radius 2 is 2.17 bits per heavy atom. The van der Waals surface area contributed by atoms with Gasteiger partial charge in [0.05, 0.1) is 13.5 Å². The number of carbonyl (C=O) groups is 1. The number of methoxy groups -OCH3 is 1. The second-order valence-electron chi connectivity index (χ2n) is 4.20. The van der Waals surface area contributed by atoms with Crippen molar-refractivity contribution in [3.63, 3.8) is 0 Å². The lowest BCUT2D eigenvalue weighted by atomic mass is 9.86. The molecule has 0 amide bonds. The molecule has 1 aromatic rings. The SMILES string of the molecule is CCCC(O)(CC(=O)O)c1ccc(OC)c(F)c1. The smallest absolute Gasteiger partial charge is 0.306 e. The molecule has 0 aromatic heterocycles. The third kappa shape index (κ3) is 3.20. The third-order valence-electron chi connectivity index (χ3n) is 2.80. The van der Waals surface area contributed by atoms with Gasteiger partial charge in [0.1, 0.15) is 5.60 Å². The monoisotopic (exact) mass is 256 g/mol. The normalized spacial score (nSPS) is 14.0. The van der Waals surface area contributed by atoms with Crippen LogP contribution in [0.4, 0.5) is 4.39 Å². The van der Waals surface area contributed by atoms with Crippen molar-refractivity contribution in [1.29, 1.82) is 0 Å². The van der Waals surface area contributed by atoms with E-state index >= 15 is 0 Å². The molecule has 0 spiro atoms. The van der Waals surface area contributed by atoms with Crippen molar-refractivity contribution < 1.29 is 24.1 Å². The van der Waals surface area contributed by atoms with Crippen LogP contribution in [0.25, 0.3) is 0 Å². The Bertz CT molecular complexity index is 433. The highest BCUT2D eigenvalue weighted by molar-refractivity contribution is 5.68. The van der Waals surface area contributed by atoms with Gasteiger partial charge in [0.2, 0.25) is 0 Å². The minimum Gasteiger partial charge on any atom is -0.494 e. The highest BCUT2D eigenvalue weighted by Crippen LogP contribution is 2.32. The van der Waals surface area contributed by atoms with Crippen molar-refractivity contribution in [3.05, 3.63) is 29.6 Å². The van der Waals surface area contributed by atoms with Gasteiger partial charge in [-0.15, -0.1) is 0 Å². The summed E-state index contributed by atoms with van der Waals surface area (Å²) in [4.78, 5) is 10.8. The van der Waals surface area contributed by atoms with Crippen LogP contribution >= 0.6 is 0 Å². The molecule has 0 aliphatic rings. The molecule has 100 valence electrons. The summed E-state index contributed by atoms with van der Waals surface area (Å²) >= 11 is 0. The quantitative estimate of drug-likeness (QED) is 0.819. The lowest BCUT2D eigenvalue weighted by Crippen LogP contribution is -2.29. The van der Waals surface area contributed by atoms with Crippen molar-refractivity contribution in [2.45, 2.75) is 31.8 Å². The number of aliphatic carboxylic acids is 1. The summed E-state index contributed by atoms with van der Waals surface area (Å²) in [6.07, 6.45) is 0.398. The van der Waals surface area contributed by atoms with Gasteiger partial charge < -0.3 is 14.9 Å². The standard InChI is InChI=1S/C13H17FO4/c1-3-6-13(17,8-12(15)16)9-4-5-11(18-2)10(14)7-9/h4-5,7,17H,3,6,8H2,1-2H3,(H,15,16). The average Bonchev–Trinajstić information content (AvgIpc) is 2.28. The first-order valence-electron chi connectivity index (χ1n) is 5.71. The number of aliphatic hydroxyl groups is 1. The van der Waals surface area contributed by atoms with E-state index in [1.165, 1.54) is 19.2 Å². The number of hydrogen-bond donors (Lipinski definition) is 2. The van der Waals surface area contributed by atoms with Crippen molar-refractivity contribution in [2.75, 3.05) is 7.11 Å². The molecule has 0 aliphatic carbocycles. The number of carboxylic acid groups (broad SMARTS) is 1. The summed E-state index contributed by atoms with van der Waals surface area (Å²) in [6, 6.07) is 3.99. The topological polar surface area (TPSA) is 66.8 Å². The van der Waals surface area contributed by atoms with Gasteiger partial charge >= 0.3 is 5.97 Å². The summed E-state index contributed by atoms with van der Waals surface area (Å²) < 4.78 is 18.4. The highest BCUT2D eigenvalue weighted by Gasteiger charge is 2.32. The first kappa shape index (κ1) is 14.4. The zero-order chi connectivity index (χ0) is 13.8. The Morgan fingerprint density at radius 3 is 2.61 bits per heavy atom. The average molecular weight is 256 g/mol. The van der Waals surface area contributed by atoms with Crippen LogP contribution in [0, 0.1) is 5.82 Å². The molecule has 0 fully saturated rings. The van der Waals surface area contributed by atoms with Crippen LogP contribution in [-0.4, -0.2) is 23.3 Å². The molecule has 2 N–H and O–H groups in total. The van der Waals surface area contributed by atoms with Gasteiger partial charge in [-0.25, -0.2) is 4.39 Å². The molecule has 4 nitrogen and oxygen atoms in total. The summed E-state index contributed by atoms with van der Waals surface area (Å²) in [5, 5.41) is 19.2. The van der Waals surface area contributed by atoms with Crippen molar-refractivity contribution in [2.24, 2.45) is 0 Å². The zero-order valence-electron chi connectivity index (χ0n) is 10.4. The van der Waals surface area contributed by atoms with E-state index in [0.717, 1.165) is 6.07 Å². The van der Waals surface area contributed by atoms with Gasteiger partial charge in [-0.05, 0) is 24.1 Å². The Morgan fingerprint density at radius 1 is 1.50 bits per heavy atom. The first-order valence-corrected chi connectivity index (χ1v) is 5.71. The summed E-state index contributed by atoms with van der Waals surface area (Å²) in [6.45, 7) is 1.83. The van der Waals surface area contributed by atoms with Gasteiger partial charge in [-0.3, -0.25) is 4.79 Å². The number of ether oxygens (including phenoxy) is 1. The Hall–Kier alpha value is -1.62. The van der Waals surface area contributed by atoms with E-state index in [-0.39, 0.29) is 17.7 Å². The molecule has 1 rings (SSSR count). The largest absolute Gasteiger partial charge is 0.494 e. The predicted molar refractivity (Wildman–Crippen MR) is 64.0 cm³/mol. The second-order valence-corrected chi connectivity index (χ2v) is 4.20. The number of rotatable bonds is 6. The molecule has 18 heavy (non-hydrogen) atoms. The van der Waals surface area contributed by atoms with E-state index in [4.69, 9.17) is 9.84 Å². The van der Waals surface area contributed by atoms with Gasteiger partial charge in [0.25, 0.3) is 0 Å². The second kappa shape index (κ2) is 5.82. The number of carboxylic acids is 1. The third-order valence-corrected chi connectivity index (χ3v) is 2.80. The molecular formula is C13H17FO4. The maximum absolute atomic E-state index is 13.6. The zero-order valence-corrected chi connectivity index (χ0v) is 10.4. The predicted octanol–water partition coefficient (Wildman–Crippen LogP) is 2.30. The van der Waals surface area contributed by atoms with Crippen molar-refractivity contribution in [3.8, 4) is 5.75 Å². The molecule has 0 aliphatic heterocycles. The minimum atomic E-state index is -1.55. The highest BCUT2D eigenvalue weighted by atomic mass is 19.1. The molecule has 1 aromatic carbocycles. The van der Waals surface area contributed by atoms with Crippen LogP contribution in [0.2, 0.25) is 0 Å². The fraction of sp³-hybridized carbons (Fsp3) is 0.462. The van der Waals surface area contributed by atoms with Crippen molar-refractivity contribution >= 4 is 5.97 Å². The number of halogens is 1. The van der Waals surface area contributed by atoms with E-state index in [1.54, 1.807) is 0 Å². The lowest BCUT2D eigenvalue weighted by molar-refractivity contribution is -0.143. The van der Waals surface area contributed by atoms with Crippen LogP contribution in [0.3, 0.4) is 0 Å². The first-order chi connectivity index (χ1) is 8.42. The Kier molecular flexibility index (Phi) is 4.67. The minimum absolute atomic E-state index is 0.0629. The fourth-order valence-corrected chi connectivity index (χ4v) is 1.95. The molecule has 5 heteroatoms. The fourth-order valence-electron chi connectivity index (χ4n) is 1.95. The van der Waals surface area contributed by atoms with Crippen LogP contribution in [0.1, 0.15) is 31.7 Å². The van der Waals surface area contributed by atoms with E-state index in [1.807, 2.05) is 6.92 Å². The van der Waals surface area contributed by atoms with E-state index in [0.29, 0.717) is 6.42 Å². The van der Waals surface area contributed by atoms with Crippen LogP contribution in [0.15, 0.2) is 18.2 Å².